The zero-order valence-corrected chi connectivity index (χ0v) is 18.7. The molecule has 0 aliphatic rings. The number of fused-ring (bicyclic) bond motifs is 1. The highest BCUT2D eigenvalue weighted by molar-refractivity contribution is 6.08. The first-order chi connectivity index (χ1) is 16.5. The van der Waals surface area contributed by atoms with Crippen LogP contribution in [-0.2, 0) is 4.79 Å². The maximum atomic E-state index is 13.2. The van der Waals surface area contributed by atoms with Crippen molar-refractivity contribution in [3.63, 3.8) is 0 Å². The highest BCUT2D eigenvalue weighted by Crippen LogP contribution is 2.24. The molecule has 1 heterocycles. The highest BCUT2D eigenvalue weighted by atomic mass is 16.5. The number of nitrogens with one attached hydrogen (secondary N) is 2. The van der Waals surface area contributed by atoms with Crippen LogP contribution in [0.2, 0.25) is 0 Å². The van der Waals surface area contributed by atoms with Gasteiger partial charge >= 0.3 is 0 Å². The largest absolute Gasteiger partial charge is 0.495 e. The van der Waals surface area contributed by atoms with E-state index in [1.165, 1.54) is 25.0 Å². The zero-order valence-electron chi connectivity index (χ0n) is 18.7. The Morgan fingerprint density at radius 3 is 2.18 bits per heavy atom. The first-order valence-corrected chi connectivity index (χ1v) is 10.5. The van der Waals surface area contributed by atoms with Gasteiger partial charge < -0.3 is 20.1 Å². The second-order valence-corrected chi connectivity index (χ2v) is 7.37. The normalized spacial score (nSPS) is 10.5. The summed E-state index contributed by atoms with van der Waals surface area (Å²) < 4.78 is 12.0. The standard InChI is InChI=1S/C26H23N3O5/c1-33-22-13-7-5-11-20(22)28-24(30)15-27-25(31)19-16-29(21-12-6-8-14-23(21)34-2)26(32)18-10-4-3-9-17(18)19/h3-14,16H,15H2,1-2H3,(H,27,31)(H,28,30). The van der Waals surface area contributed by atoms with Crippen molar-refractivity contribution in [1.82, 2.24) is 9.88 Å². The molecule has 0 saturated heterocycles. The van der Waals surface area contributed by atoms with Gasteiger partial charge in [-0.1, -0.05) is 42.5 Å². The van der Waals surface area contributed by atoms with Crippen LogP contribution in [0.25, 0.3) is 16.5 Å². The SMILES string of the molecule is COc1ccccc1NC(=O)CNC(=O)c1cn(-c2ccccc2OC)c(=O)c2ccccc12. The molecule has 0 atom stereocenters. The number of carbonyl (C=O) groups excluding carboxylic acids is 2. The number of amides is 2. The molecule has 3 aromatic carbocycles. The van der Waals surface area contributed by atoms with Gasteiger partial charge in [0, 0.05) is 17.0 Å². The van der Waals surface area contributed by atoms with E-state index >= 15 is 0 Å². The molecule has 0 spiro atoms. The maximum absolute atomic E-state index is 13.2. The Bertz CT molecular complexity index is 1430. The highest BCUT2D eigenvalue weighted by Gasteiger charge is 2.18. The molecule has 8 heteroatoms. The van der Waals surface area contributed by atoms with Gasteiger partial charge in [0.25, 0.3) is 11.5 Å². The number of nitrogens with zero attached hydrogens (tertiary/aromatic N) is 1. The van der Waals surface area contributed by atoms with Crippen LogP contribution < -0.4 is 25.7 Å². The fourth-order valence-electron chi connectivity index (χ4n) is 3.68. The Hall–Kier alpha value is -4.59. The van der Waals surface area contributed by atoms with E-state index in [-0.39, 0.29) is 17.7 Å². The molecule has 1 aromatic heterocycles. The molecular formula is C26H23N3O5. The van der Waals surface area contributed by atoms with E-state index in [0.29, 0.717) is 33.6 Å². The third-order valence-corrected chi connectivity index (χ3v) is 5.30. The van der Waals surface area contributed by atoms with E-state index in [4.69, 9.17) is 9.47 Å². The number of rotatable bonds is 7. The predicted molar refractivity (Wildman–Crippen MR) is 130 cm³/mol. The fourth-order valence-corrected chi connectivity index (χ4v) is 3.68. The Labute approximate surface area is 195 Å². The summed E-state index contributed by atoms with van der Waals surface area (Å²) >= 11 is 0. The monoisotopic (exact) mass is 457 g/mol. The number of methoxy groups -OCH3 is 2. The maximum Gasteiger partial charge on any atom is 0.263 e. The quantitative estimate of drug-likeness (QED) is 0.443. The van der Waals surface area contributed by atoms with Crippen LogP contribution >= 0.6 is 0 Å². The number of aromatic nitrogens is 1. The van der Waals surface area contributed by atoms with Gasteiger partial charge in [-0.25, -0.2) is 0 Å². The van der Waals surface area contributed by atoms with Gasteiger partial charge in [0.1, 0.15) is 11.5 Å². The number of carbonyl (C=O) groups is 2. The number of benzene rings is 3. The lowest BCUT2D eigenvalue weighted by Crippen LogP contribution is -2.34. The smallest absolute Gasteiger partial charge is 0.263 e. The summed E-state index contributed by atoms with van der Waals surface area (Å²) in [6.45, 7) is -0.265. The summed E-state index contributed by atoms with van der Waals surface area (Å²) in [7, 11) is 3.02. The molecule has 0 aliphatic carbocycles. The minimum absolute atomic E-state index is 0.256. The van der Waals surface area contributed by atoms with E-state index in [0.717, 1.165) is 0 Å². The molecule has 4 aromatic rings. The Morgan fingerprint density at radius 2 is 1.44 bits per heavy atom. The second kappa shape index (κ2) is 9.91. The summed E-state index contributed by atoms with van der Waals surface area (Å²) in [6.07, 6.45) is 1.47. The first-order valence-electron chi connectivity index (χ1n) is 10.5. The van der Waals surface area contributed by atoms with Gasteiger partial charge in [-0.15, -0.1) is 0 Å². The van der Waals surface area contributed by atoms with E-state index in [2.05, 4.69) is 10.6 Å². The topological polar surface area (TPSA) is 98.7 Å². The van der Waals surface area contributed by atoms with Gasteiger partial charge in [0.05, 0.1) is 37.7 Å². The predicted octanol–water partition coefficient (Wildman–Crippen LogP) is 3.38. The molecule has 2 amide bonds. The lowest BCUT2D eigenvalue weighted by atomic mass is 10.1. The van der Waals surface area contributed by atoms with Crippen LogP contribution in [0.15, 0.2) is 83.8 Å². The van der Waals surface area contributed by atoms with Gasteiger partial charge in [-0.2, -0.15) is 0 Å². The molecule has 0 fully saturated rings. The number of hydrogen-bond acceptors (Lipinski definition) is 5. The van der Waals surface area contributed by atoms with Gasteiger partial charge in [-0.05, 0) is 30.3 Å². The van der Waals surface area contributed by atoms with Crippen molar-refractivity contribution in [3.05, 3.63) is 94.9 Å². The average molecular weight is 457 g/mol. The molecule has 0 radical (unpaired) electrons. The van der Waals surface area contributed by atoms with E-state index in [1.807, 2.05) is 0 Å². The van der Waals surface area contributed by atoms with Gasteiger partial charge in [0.2, 0.25) is 5.91 Å². The fraction of sp³-hybridized carbons (Fsp3) is 0.115. The van der Waals surface area contributed by atoms with Crippen molar-refractivity contribution < 1.29 is 19.1 Å². The summed E-state index contributed by atoms with van der Waals surface area (Å²) in [4.78, 5) is 38.8. The Morgan fingerprint density at radius 1 is 0.824 bits per heavy atom. The van der Waals surface area contributed by atoms with Gasteiger partial charge in [-0.3, -0.25) is 19.0 Å². The third kappa shape index (κ3) is 4.47. The molecule has 8 nitrogen and oxygen atoms in total. The lowest BCUT2D eigenvalue weighted by Gasteiger charge is -2.15. The third-order valence-electron chi connectivity index (χ3n) is 5.30. The number of para-hydroxylation sites is 4. The van der Waals surface area contributed by atoms with Crippen molar-refractivity contribution in [2.75, 3.05) is 26.1 Å². The molecule has 0 saturated carbocycles. The molecule has 0 aliphatic heterocycles. The molecule has 172 valence electrons. The van der Waals surface area contributed by atoms with Crippen molar-refractivity contribution in [1.29, 1.82) is 0 Å². The van der Waals surface area contributed by atoms with Crippen LogP contribution in [0.1, 0.15) is 10.4 Å². The number of hydrogen-bond donors (Lipinski definition) is 2. The van der Waals surface area contributed by atoms with E-state index in [9.17, 15) is 14.4 Å². The van der Waals surface area contributed by atoms with Crippen molar-refractivity contribution in [2.24, 2.45) is 0 Å². The van der Waals surface area contributed by atoms with E-state index < -0.39 is 11.8 Å². The van der Waals surface area contributed by atoms with Crippen LogP contribution in [0.4, 0.5) is 5.69 Å². The van der Waals surface area contributed by atoms with Gasteiger partial charge in [0.15, 0.2) is 0 Å². The molecular weight excluding hydrogens is 434 g/mol. The summed E-state index contributed by atoms with van der Waals surface area (Å²) in [5, 5.41) is 6.22. The Balaban J connectivity index is 1.64. The minimum atomic E-state index is -0.491. The number of pyridine rings is 1. The van der Waals surface area contributed by atoms with Crippen LogP contribution in [0, 0.1) is 0 Å². The molecule has 0 unspecified atom stereocenters. The van der Waals surface area contributed by atoms with Crippen LogP contribution in [-0.4, -0.2) is 37.1 Å². The Kier molecular flexibility index (Phi) is 6.59. The zero-order chi connectivity index (χ0) is 24.1. The van der Waals surface area contributed by atoms with Crippen LogP contribution in [0.5, 0.6) is 11.5 Å². The molecule has 4 rings (SSSR count). The summed E-state index contributed by atoms with van der Waals surface area (Å²) in [5.41, 5.74) is 0.972. The van der Waals surface area contributed by atoms with Crippen molar-refractivity contribution in [3.8, 4) is 17.2 Å². The van der Waals surface area contributed by atoms with Crippen molar-refractivity contribution >= 4 is 28.3 Å². The average Bonchev–Trinajstić information content (AvgIpc) is 2.88. The summed E-state index contributed by atoms with van der Waals surface area (Å²) in [5.74, 6) is 0.0923. The second-order valence-electron chi connectivity index (χ2n) is 7.37. The van der Waals surface area contributed by atoms with Crippen LogP contribution in [0.3, 0.4) is 0 Å². The van der Waals surface area contributed by atoms with E-state index in [1.54, 1.807) is 72.8 Å². The number of anilines is 1. The first kappa shape index (κ1) is 22.6. The molecule has 2 N–H and O–H groups in total. The van der Waals surface area contributed by atoms with Crippen molar-refractivity contribution in [2.45, 2.75) is 0 Å². The molecule has 0 bridgehead atoms. The summed E-state index contributed by atoms with van der Waals surface area (Å²) in [6, 6.07) is 20.9. The number of ether oxygens (including phenoxy) is 2. The minimum Gasteiger partial charge on any atom is -0.495 e. The molecule has 34 heavy (non-hydrogen) atoms. The lowest BCUT2D eigenvalue weighted by molar-refractivity contribution is -0.115.